The zero-order chi connectivity index (χ0) is 15.5. The summed E-state index contributed by atoms with van der Waals surface area (Å²) in [4.78, 5) is 44.7. The first kappa shape index (κ1) is 13.2. The lowest BCUT2D eigenvalue weighted by Crippen LogP contribution is -2.71. The van der Waals surface area contributed by atoms with Gasteiger partial charge in [0.1, 0.15) is 0 Å². The molecule has 0 aromatic carbocycles. The van der Waals surface area contributed by atoms with E-state index in [2.05, 4.69) is 15.3 Å². The fourth-order valence-electron chi connectivity index (χ4n) is 2.76. The van der Waals surface area contributed by atoms with E-state index < -0.39 is 23.5 Å². The minimum atomic E-state index is -1.51. The predicted octanol–water partition coefficient (Wildman–Crippen LogP) is -0.867. The van der Waals surface area contributed by atoms with Crippen LogP contribution in [0.5, 0.6) is 0 Å². The number of nitrogens with one attached hydrogen (secondary N) is 1. The second-order valence-corrected chi connectivity index (χ2v) is 5.50. The van der Waals surface area contributed by atoms with Crippen LogP contribution in [0.2, 0.25) is 0 Å². The second kappa shape index (κ2) is 4.25. The smallest absolute Gasteiger partial charge is 0.373 e. The monoisotopic (exact) mass is 305 g/mol. The van der Waals surface area contributed by atoms with Crippen LogP contribution in [0.1, 0.15) is 6.42 Å². The Morgan fingerprint density at radius 2 is 2.00 bits per heavy atom. The number of hydrogen-bond acceptors (Lipinski definition) is 5. The summed E-state index contributed by atoms with van der Waals surface area (Å²) in [5.74, 6) is -0.751. The fourth-order valence-corrected chi connectivity index (χ4v) is 2.76. The average molecular weight is 305 g/mol. The normalized spacial score (nSPS) is 35.8. The van der Waals surface area contributed by atoms with Crippen LogP contribution in [0.15, 0.2) is 4.99 Å². The second-order valence-electron chi connectivity index (χ2n) is 5.50. The summed E-state index contributed by atoms with van der Waals surface area (Å²) in [6.07, 6.45) is -0.219. The van der Waals surface area contributed by atoms with Crippen molar-refractivity contribution < 1.29 is 23.9 Å². The van der Waals surface area contributed by atoms with E-state index in [4.69, 9.17) is 16.0 Å². The van der Waals surface area contributed by atoms with Gasteiger partial charge in [0.05, 0.1) is 37.0 Å². The number of nitrogens with zero attached hydrogens (tertiary/aromatic N) is 4. The number of urea groups is 2. The molecule has 5 amide bonds. The number of amides is 5. The Morgan fingerprint density at radius 3 is 2.59 bits per heavy atom. The molecule has 0 aromatic heterocycles. The highest BCUT2D eigenvalue weighted by Gasteiger charge is 2.64. The summed E-state index contributed by atoms with van der Waals surface area (Å²) >= 11 is 0. The van der Waals surface area contributed by atoms with Gasteiger partial charge in [0.25, 0.3) is 0 Å². The van der Waals surface area contributed by atoms with Crippen LogP contribution in [-0.4, -0.2) is 71.2 Å². The van der Waals surface area contributed by atoms with Crippen molar-refractivity contribution >= 4 is 23.8 Å². The number of amidine groups is 1. The highest BCUT2D eigenvalue weighted by Crippen LogP contribution is 2.35. The number of ether oxygens (including phenoxy) is 2. The molecule has 4 rings (SSSR count). The molecule has 1 N–H and O–H groups in total. The number of rotatable bonds is 4. The molecule has 3 saturated heterocycles. The van der Waals surface area contributed by atoms with Crippen LogP contribution in [0, 0.1) is 6.57 Å². The Morgan fingerprint density at radius 1 is 1.32 bits per heavy atom. The van der Waals surface area contributed by atoms with Crippen molar-refractivity contribution in [2.24, 2.45) is 4.99 Å². The Kier molecular flexibility index (Phi) is 2.54. The van der Waals surface area contributed by atoms with Crippen molar-refractivity contribution in [3.05, 3.63) is 11.5 Å². The molecule has 0 radical (unpaired) electrons. The topological polar surface area (TPSA) is 112 Å². The summed E-state index contributed by atoms with van der Waals surface area (Å²) < 4.78 is 10.2. The van der Waals surface area contributed by atoms with Gasteiger partial charge in [0.2, 0.25) is 0 Å². The number of fused-ring (bicyclic) bond motifs is 1. The van der Waals surface area contributed by atoms with Crippen LogP contribution in [0.3, 0.4) is 0 Å². The quantitative estimate of drug-likeness (QED) is 0.536. The predicted molar refractivity (Wildman–Crippen MR) is 68.3 cm³/mol. The molecule has 0 aliphatic carbocycles. The Balaban J connectivity index is 1.77. The summed E-state index contributed by atoms with van der Waals surface area (Å²) in [5.41, 5.74) is -1.51. The van der Waals surface area contributed by atoms with Crippen LogP contribution < -0.4 is 5.32 Å². The number of hydrogen-bond donors (Lipinski definition) is 1. The molecule has 4 heterocycles. The van der Waals surface area contributed by atoms with Crippen LogP contribution in [-0.2, 0) is 14.3 Å². The summed E-state index contributed by atoms with van der Waals surface area (Å²) in [6.45, 7) is 8.21. The molecule has 0 spiro atoms. The van der Waals surface area contributed by atoms with Gasteiger partial charge in [0.15, 0.2) is 11.4 Å². The molecule has 0 bridgehead atoms. The average Bonchev–Trinajstić information content (AvgIpc) is 3.37. The molecular formula is C12H11N5O5. The molecule has 10 heteroatoms. The molecule has 10 nitrogen and oxygen atoms in total. The zero-order valence-electron chi connectivity index (χ0n) is 11.3. The maximum absolute atomic E-state index is 12.6. The standard InChI is InChI=1S/C12H11N5O5/c1-13-17-9(18)12(2-6-4-21-6)8(14-10(19)15-12)16(11(17)20)3-7-5-22-7/h6-7H,2-5H2,(H,15,19). The largest absolute Gasteiger partial charge is 0.401 e. The minimum absolute atomic E-state index is 0.0402. The van der Waals surface area contributed by atoms with Crippen LogP contribution >= 0.6 is 0 Å². The summed E-state index contributed by atoms with van der Waals surface area (Å²) in [5, 5.41) is 2.95. The van der Waals surface area contributed by atoms with E-state index in [-0.39, 0.29) is 31.0 Å². The van der Waals surface area contributed by atoms with Crippen molar-refractivity contribution in [1.29, 1.82) is 0 Å². The number of epoxide rings is 2. The molecule has 4 aliphatic rings. The van der Waals surface area contributed by atoms with E-state index in [9.17, 15) is 14.4 Å². The third-order valence-electron chi connectivity index (χ3n) is 3.96. The van der Waals surface area contributed by atoms with E-state index in [0.29, 0.717) is 18.2 Å². The van der Waals surface area contributed by atoms with Gasteiger partial charge in [-0.2, -0.15) is 11.6 Å². The lowest BCUT2D eigenvalue weighted by Gasteiger charge is -2.38. The van der Waals surface area contributed by atoms with Gasteiger partial charge in [-0.3, -0.25) is 9.69 Å². The number of imide groups is 1. The number of carbonyl (C=O) groups is 3. The van der Waals surface area contributed by atoms with Gasteiger partial charge in [-0.1, -0.05) is 0 Å². The van der Waals surface area contributed by atoms with Crippen molar-refractivity contribution in [2.75, 3.05) is 19.8 Å². The third kappa shape index (κ3) is 1.79. The van der Waals surface area contributed by atoms with Gasteiger partial charge < -0.3 is 14.8 Å². The van der Waals surface area contributed by atoms with Crippen molar-refractivity contribution in [3.63, 3.8) is 0 Å². The van der Waals surface area contributed by atoms with E-state index in [1.165, 1.54) is 4.90 Å². The molecule has 114 valence electrons. The Bertz CT molecular complexity index is 661. The van der Waals surface area contributed by atoms with Gasteiger partial charge in [-0.05, 0) is 0 Å². The van der Waals surface area contributed by atoms with E-state index in [0.717, 1.165) is 0 Å². The lowest BCUT2D eigenvalue weighted by molar-refractivity contribution is -0.132. The van der Waals surface area contributed by atoms with E-state index in [1.54, 1.807) is 0 Å². The maximum atomic E-state index is 12.6. The van der Waals surface area contributed by atoms with Crippen molar-refractivity contribution in [3.8, 4) is 0 Å². The molecule has 3 unspecified atom stereocenters. The van der Waals surface area contributed by atoms with Crippen LogP contribution in [0.4, 0.5) is 9.59 Å². The van der Waals surface area contributed by atoms with Crippen LogP contribution in [0.25, 0.3) is 4.95 Å². The van der Waals surface area contributed by atoms with Crippen molar-refractivity contribution in [2.45, 2.75) is 24.2 Å². The molecule has 4 aliphatic heterocycles. The molecule has 0 aromatic rings. The first-order valence-corrected chi connectivity index (χ1v) is 6.73. The first-order chi connectivity index (χ1) is 10.5. The summed E-state index contributed by atoms with van der Waals surface area (Å²) in [6, 6.07) is -1.51. The Hall–Kier alpha value is -2.51. The SMILES string of the molecule is [C-]#[N+]N1C(=O)N(CC2CO2)C2=NC(=O)NC2(CC2CO2)C1=O. The molecule has 0 saturated carbocycles. The number of aliphatic imine (C=N–C) groups is 1. The van der Waals surface area contributed by atoms with Crippen molar-refractivity contribution in [1.82, 2.24) is 15.2 Å². The number of carbonyl (C=O) groups excluding carboxylic acids is 3. The highest BCUT2D eigenvalue weighted by atomic mass is 16.6. The maximum Gasteiger partial charge on any atom is 0.401 e. The van der Waals surface area contributed by atoms with E-state index in [1.807, 2.05) is 0 Å². The fraction of sp³-hybridized carbons (Fsp3) is 0.583. The highest BCUT2D eigenvalue weighted by molar-refractivity contribution is 6.29. The molecule has 3 fully saturated rings. The lowest BCUT2D eigenvalue weighted by atomic mass is 9.88. The summed E-state index contributed by atoms with van der Waals surface area (Å²) in [7, 11) is 0. The third-order valence-corrected chi connectivity index (χ3v) is 3.96. The molecule has 3 atom stereocenters. The zero-order valence-corrected chi connectivity index (χ0v) is 11.3. The Labute approximate surface area is 124 Å². The van der Waals surface area contributed by atoms with Gasteiger partial charge in [-0.15, -0.1) is 4.95 Å². The molecule has 22 heavy (non-hydrogen) atoms. The van der Waals surface area contributed by atoms with Gasteiger partial charge in [0, 0.05) is 6.42 Å². The molecular weight excluding hydrogens is 294 g/mol. The first-order valence-electron chi connectivity index (χ1n) is 6.73. The van der Waals surface area contributed by atoms with E-state index >= 15 is 0 Å². The van der Waals surface area contributed by atoms with Gasteiger partial charge >= 0.3 is 18.0 Å². The minimum Gasteiger partial charge on any atom is -0.373 e. The van der Waals surface area contributed by atoms with Gasteiger partial charge in [-0.25, -0.2) is 9.59 Å².